The molecule has 1 amide bonds. The summed E-state index contributed by atoms with van der Waals surface area (Å²) < 4.78 is 13.3. The molecule has 4 aromatic rings. The zero-order valence-electron chi connectivity index (χ0n) is 24.3. The number of aliphatic hydroxyl groups excluding tert-OH is 1. The number of hydrogen-bond donors (Lipinski definition) is 4. The lowest BCUT2D eigenvalue weighted by atomic mass is 9.96. The van der Waals surface area contributed by atoms with Crippen molar-refractivity contribution in [1.29, 1.82) is 0 Å². The summed E-state index contributed by atoms with van der Waals surface area (Å²) in [5.41, 5.74) is 5.75. The van der Waals surface area contributed by atoms with Crippen molar-refractivity contribution in [3.63, 3.8) is 0 Å². The van der Waals surface area contributed by atoms with Crippen LogP contribution in [0.1, 0.15) is 56.2 Å². The highest BCUT2D eigenvalue weighted by Gasteiger charge is 2.44. The molecule has 42 heavy (non-hydrogen) atoms. The van der Waals surface area contributed by atoms with Gasteiger partial charge in [-0.2, -0.15) is 0 Å². The molecular weight excluding hydrogens is 529 g/mol. The Hall–Kier alpha value is -4.14. The second-order valence-corrected chi connectivity index (χ2v) is 11.4. The molecule has 0 unspecified atom stereocenters. The van der Waals surface area contributed by atoms with Gasteiger partial charge >= 0.3 is 0 Å². The van der Waals surface area contributed by atoms with Crippen molar-refractivity contribution in [2.45, 2.75) is 63.6 Å². The van der Waals surface area contributed by atoms with Gasteiger partial charge < -0.3 is 21.1 Å². The number of halogens is 1. The number of rotatable bonds is 12. The molecule has 0 saturated heterocycles. The molecule has 1 heterocycles. The third kappa shape index (κ3) is 7.38. The number of benzene rings is 3. The lowest BCUT2D eigenvalue weighted by Gasteiger charge is -2.27. The van der Waals surface area contributed by atoms with E-state index in [9.17, 15) is 14.3 Å². The van der Waals surface area contributed by atoms with Crippen molar-refractivity contribution < 1.29 is 14.3 Å². The van der Waals surface area contributed by atoms with E-state index in [1.165, 1.54) is 36.5 Å². The molecule has 1 aliphatic carbocycles. The summed E-state index contributed by atoms with van der Waals surface area (Å²) >= 11 is 0. The van der Waals surface area contributed by atoms with Crippen LogP contribution in [0.4, 0.5) is 15.9 Å². The highest BCUT2D eigenvalue weighted by Crippen LogP contribution is 2.46. The minimum Gasteiger partial charge on any atom is -0.390 e. The lowest BCUT2D eigenvalue weighted by molar-refractivity contribution is -0.120. The van der Waals surface area contributed by atoms with Gasteiger partial charge in [0.2, 0.25) is 5.91 Å². The first-order chi connectivity index (χ1) is 20.2. The molecule has 5 rings (SSSR count). The van der Waals surface area contributed by atoms with Gasteiger partial charge in [0.15, 0.2) is 0 Å². The van der Waals surface area contributed by atoms with E-state index in [1.807, 2.05) is 30.3 Å². The van der Waals surface area contributed by atoms with Crippen LogP contribution < -0.4 is 16.0 Å². The van der Waals surface area contributed by atoms with E-state index in [4.69, 9.17) is 0 Å². The quantitative estimate of drug-likeness (QED) is 0.172. The standard InChI is InChI=1S/C34H38FN5O2/c1-22(2)26-5-4-6-27(18-26)34(15-16-34)38-20-32(42)31(39-23(3)41)17-24-7-13-29(14-8-24)40-33-19-30(36-21-37-33)25-9-11-28(35)12-10-25/h4-14,18-19,21-22,31-32,38,42H,15-17,20H2,1-3H3,(H,39,41)(H,36,37,40)/t31-,32+/m0/s1. The molecule has 8 heteroatoms. The summed E-state index contributed by atoms with van der Waals surface area (Å²) in [6, 6.07) is 24.0. The van der Waals surface area contributed by atoms with Crippen LogP contribution in [0.3, 0.4) is 0 Å². The molecule has 7 nitrogen and oxygen atoms in total. The van der Waals surface area contributed by atoms with Gasteiger partial charge in [0, 0.05) is 36.3 Å². The minimum absolute atomic E-state index is 0.114. The van der Waals surface area contributed by atoms with E-state index in [1.54, 1.807) is 12.1 Å². The first kappa shape index (κ1) is 29.4. The van der Waals surface area contributed by atoms with Gasteiger partial charge in [-0.25, -0.2) is 14.4 Å². The summed E-state index contributed by atoms with van der Waals surface area (Å²) in [4.78, 5) is 20.6. The van der Waals surface area contributed by atoms with Gasteiger partial charge in [-0.15, -0.1) is 0 Å². The number of carbonyl (C=O) groups is 1. The Balaban J connectivity index is 1.21. The Morgan fingerprint density at radius 1 is 1.00 bits per heavy atom. The highest BCUT2D eigenvalue weighted by atomic mass is 19.1. The molecule has 1 aromatic heterocycles. The van der Waals surface area contributed by atoms with Crippen LogP contribution in [0, 0.1) is 5.82 Å². The van der Waals surface area contributed by atoms with E-state index < -0.39 is 12.1 Å². The average molecular weight is 568 g/mol. The van der Waals surface area contributed by atoms with Crippen LogP contribution in [0.2, 0.25) is 0 Å². The average Bonchev–Trinajstić information content (AvgIpc) is 3.78. The second-order valence-electron chi connectivity index (χ2n) is 11.4. The maximum atomic E-state index is 13.3. The maximum absolute atomic E-state index is 13.3. The molecule has 218 valence electrons. The number of carbonyl (C=O) groups excluding carboxylic acids is 1. The number of aliphatic hydroxyl groups is 1. The lowest BCUT2D eigenvalue weighted by Crippen LogP contribution is -2.49. The molecule has 0 radical (unpaired) electrons. The van der Waals surface area contributed by atoms with E-state index >= 15 is 0 Å². The second kappa shape index (κ2) is 12.8. The van der Waals surface area contributed by atoms with Crippen LogP contribution in [0.25, 0.3) is 11.3 Å². The Kier molecular flexibility index (Phi) is 8.94. The number of nitrogens with one attached hydrogen (secondary N) is 3. The maximum Gasteiger partial charge on any atom is 0.217 e. The largest absolute Gasteiger partial charge is 0.390 e. The monoisotopic (exact) mass is 567 g/mol. The molecule has 4 N–H and O–H groups in total. The number of anilines is 2. The third-order valence-corrected chi connectivity index (χ3v) is 7.85. The molecular formula is C34H38FN5O2. The Morgan fingerprint density at radius 2 is 1.74 bits per heavy atom. The Bertz CT molecular complexity index is 1500. The van der Waals surface area contributed by atoms with Crippen molar-refractivity contribution in [1.82, 2.24) is 20.6 Å². The van der Waals surface area contributed by atoms with Crippen molar-refractivity contribution >= 4 is 17.4 Å². The van der Waals surface area contributed by atoms with Gasteiger partial charge in [0.05, 0.1) is 17.8 Å². The summed E-state index contributed by atoms with van der Waals surface area (Å²) in [5, 5.41) is 21.0. The molecule has 1 fully saturated rings. The van der Waals surface area contributed by atoms with Crippen molar-refractivity contribution in [2.75, 3.05) is 11.9 Å². The van der Waals surface area contributed by atoms with E-state index in [-0.39, 0.29) is 17.3 Å². The fourth-order valence-electron chi connectivity index (χ4n) is 5.20. The molecule has 2 atom stereocenters. The van der Waals surface area contributed by atoms with Gasteiger partial charge in [-0.05, 0) is 78.3 Å². The van der Waals surface area contributed by atoms with Crippen LogP contribution in [0.5, 0.6) is 0 Å². The van der Waals surface area contributed by atoms with Crippen LogP contribution in [0.15, 0.2) is 85.2 Å². The van der Waals surface area contributed by atoms with E-state index in [2.05, 4.69) is 64.0 Å². The third-order valence-electron chi connectivity index (χ3n) is 7.85. The Labute approximate surface area is 246 Å². The number of nitrogens with zero attached hydrogens (tertiary/aromatic N) is 2. The molecule has 3 aromatic carbocycles. The molecule has 0 bridgehead atoms. The zero-order valence-corrected chi connectivity index (χ0v) is 24.3. The van der Waals surface area contributed by atoms with Gasteiger partial charge in [-0.1, -0.05) is 50.2 Å². The van der Waals surface area contributed by atoms with Crippen LogP contribution >= 0.6 is 0 Å². The molecule has 0 aliphatic heterocycles. The van der Waals surface area contributed by atoms with Gasteiger partial charge in [0.25, 0.3) is 0 Å². The predicted molar refractivity (Wildman–Crippen MR) is 164 cm³/mol. The Morgan fingerprint density at radius 3 is 2.40 bits per heavy atom. The summed E-state index contributed by atoms with van der Waals surface area (Å²) in [7, 11) is 0. The normalized spacial score (nSPS) is 15.2. The SMILES string of the molecule is CC(=O)N[C@@H](Cc1ccc(Nc2cc(-c3ccc(F)cc3)ncn2)cc1)[C@H](O)CNC1(c2cccc(C(C)C)c2)CC1. The molecule has 1 saturated carbocycles. The minimum atomic E-state index is -0.761. The first-order valence-corrected chi connectivity index (χ1v) is 14.5. The number of amides is 1. The summed E-state index contributed by atoms with van der Waals surface area (Å²) in [6.07, 6.45) is 3.25. The number of hydrogen-bond acceptors (Lipinski definition) is 6. The highest BCUT2D eigenvalue weighted by molar-refractivity contribution is 5.73. The zero-order chi connectivity index (χ0) is 29.7. The van der Waals surface area contributed by atoms with E-state index in [0.717, 1.165) is 29.7 Å². The summed E-state index contributed by atoms with van der Waals surface area (Å²) in [5.74, 6) is 0.596. The van der Waals surface area contributed by atoms with E-state index in [0.29, 0.717) is 30.4 Å². The first-order valence-electron chi connectivity index (χ1n) is 14.5. The topological polar surface area (TPSA) is 99.2 Å². The van der Waals surface area contributed by atoms with Gasteiger partial charge in [-0.3, -0.25) is 4.79 Å². The van der Waals surface area contributed by atoms with Crippen molar-refractivity contribution in [2.24, 2.45) is 0 Å². The fourth-order valence-corrected chi connectivity index (χ4v) is 5.20. The van der Waals surface area contributed by atoms with Gasteiger partial charge in [0.1, 0.15) is 18.0 Å². The fraction of sp³-hybridized carbons (Fsp3) is 0.324. The van der Waals surface area contributed by atoms with Crippen molar-refractivity contribution in [3.05, 3.63) is 108 Å². The van der Waals surface area contributed by atoms with Crippen molar-refractivity contribution in [3.8, 4) is 11.3 Å². The smallest absolute Gasteiger partial charge is 0.217 e. The van der Waals surface area contributed by atoms with Crippen LogP contribution in [-0.4, -0.2) is 39.7 Å². The van der Waals surface area contributed by atoms with Crippen LogP contribution in [-0.2, 0) is 16.8 Å². The predicted octanol–water partition coefficient (Wildman–Crippen LogP) is 5.84. The molecule has 1 aliphatic rings. The molecule has 0 spiro atoms. The number of aromatic nitrogens is 2. The summed E-state index contributed by atoms with van der Waals surface area (Å²) in [6.45, 7) is 6.24.